The average molecular weight is 437 g/mol. The van der Waals surface area contributed by atoms with E-state index in [1.165, 1.54) is 0 Å². The number of hydrogen-bond donors (Lipinski definition) is 1. The zero-order valence-electron chi connectivity index (χ0n) is 18.3. The number of fused-ring (bicyclic) bond motifs is 1. The molecule has 5 nitrogen and oxygen atoms in total. The molecule has 0 saturated carbocycles. The van der Waals surface area contributed by atoms with Gasteiger partial charge in [-0.2, -0.15) is 0 Å². The van der Waals surface area contributed by atoms with Gasteiger partial charge in [0, 0.05) is 29.7 Å². The molecular weight excluding hydrogens is 412 g/mol. The lowest BCUT2D eigenvalue weighted by Gasteiger charge is -2.17. The lowest BCUT2D eigenvalue weighted by Crippen LogP contribution is -2.28. The van der Waals surface area contributed by atoms with E-state index in [2.05, 4.69) is 17.4 Å². The minimum Gasteiger partial charge on any atom is -0.457 e. The predicted octanol–water partition coefficient (Wildman–Crippen LogP) is 5.93. The first-order valence-corrected chi connectivity index (χ1v) is 11.0. The highest BCUT2D eigenvalue weighted by molar-refractivity contribution is 6.03. The standard InChI is InChI=1S/C28H24N2O3/c1-19-6-4-9-23(16-19)30-18-21(17-27(30)31)28(32)29-22-12-14-24(15-13-22)33-26-11-5-8-20-7-2-3-10-25(20)26/h2-16,21H,17-18H2,1H3,(H,29,32)/t21-/m0/s1. The van der Waals surface area contributed by atoms with Crippen LogP contribution in [-0.2, 0) is 9.59 Å². The molecule has 4 aromatic carbocycles. The topological polar surface area (TPSA) is 58.6 Å². The predicted molar refractivity (Wildman–Crippen MR) is 131 cm³/mol. The normalized spacial score (nSPS) is 15.6. The third-order valence-electron chi connectivity index (χ3n) is 5.91. The van der Waals surface area contributed by atoms with Crippen LogP contribution < -0.4 is 15.0 Å². The summed E-state index contributed by atoms with van der Waals surface area (Å²) in [6, 6.07) is 29.1. The summed E-state index contributed by atoms with van der Waals surface area (Å²) < 4.78 is 6.07. The van der Waals surface area contributed by atoms with Gasteiger partial charge in [-0.05, 0) is 60.3 Å². The highest BCUT2D eigenvalue weighted by atomic mass is 16.5. The Labute approximate surface area is 192 Å². The summed E-state index contributed by atoms with van der Waals surface area (Å²) in [6.07, 6.45) is 0.210. The van der Waals surface area contributed by atoms with Crippen molar-refractivity contribution in [3.8, 4) is 11.5 Å². The molecule has 1 fully saturated rings. The van der Waals surface area contributed by atoms with Crippen LogP contribution in [0.5, 0.6) is 11.5 Å². The molecule has 1 N–H and O–H groups in total. The van der Waals surface area contributed by atoms with E-state index in [1.807, 2.05) is 85.8 Å². The number of amides is 2. The largest absolute Gasteiger partial charge is 0.457 e. The fourth-order valence-electron chi connectivity index (χ4n) is 4.19. The third kappa shape index (κ3) is 4.44. The first kappa shape index (κ1) is 20.8. The average Bonchev–Trinajstić information content (AvgIpc) is 3.22. The zero-order valence-corrected chi connectivity index (χ0v) is 18.3. The van der Waals surface area contributed by atoms with Crippen LogP contribution in [0.4, 0.5) is 11.4 Å². The van der Waals surface area contributed by atoms with Crippen LogP contribution in [-0.4, -0.2) is 18.4 Å². The van der Waals surface area contributed by atoms with E-state index in [0.29, 0.717) is 18.0 Å². The number of benzene rings is 4. The fourth-order valence-corrected chi connectivity index (χ4v) is 4.19. The van der Waals surface area contributed by atoms with Crippen LogP contribution in [0, 0.1) is 12.8 Å². The first-order chi connectivity index (χ1) is 16.1. The van der Waals surface area contributed by atoms with Gasteiger partial charge in [-0.3, -0.25) is 9.59 Å². The number of hydrogen-bond acceptors (Lipinski definition) is 3. The summed E-state index contributed by atoms with van der Waals surface area (Å²) in [7, 11) is 0. The maximum atomic E-state index is 12.8. The molecule has 0 unspecified atom stereocenters. The van der Waals surface area contributed by atoms with E-state index >= 15 is 0 Å². The highest BCUT2D eigenvalue weighted by Gasteiger charge is 2.35. The molecule has 33 heavy (non-hydrogen) atoms. The van der Waals surface area contributed by atoms with Crippen molar-refractivity contribution in [1.82, 2.24) is 0 Å². The van der Waals surface area contributed by atoms with Crippen LogP contribution in [0.3, 0.4) is 0 Å². The minimum atomic E-state index is -0.385. The Morgan fingerprint density at radius 1 is 0.939 bits per heavy atom. The minimum absolute atomic E-state index is 0.0282. The Kier molecular flexibility index (Phi) is 5.53. The number of rotatable bonds is 5. The van der Waals surface area contributed by atoms with Gasteiger partial charge in [-0.1, -0.05) is 48.5 Å². The molecule has 0 bridgehead atoms. The van der Waals surface area contributed by atoms with Gasteiger partial charge < -0.3 is 15.0 Å². The van der Waals surface area contributed by atoms with Gasteiger partial charge in [0.15, 0.2) is 0 Å². The van der Waals surface area contributed by atoms with Crippen molar-refractivity contribution in [3.63, 3.8) is 0 Å². The van der Waals surface area contributed by atoms with Crippen molar-refractivity contribution in [3.05, 3.63) is 96.6 Å². The zero-order chi connectivity index (χ0) is 22.8. The summed E-state index contributed by atoms with van der Waals surface area (Å²) in [5.74, 6) is 0.905. The summed E-state index contributed by atoms with van der Waals surface area (Å²) in [5.41, 5.74) is 2.59. The summed E-state index contributed by atoms with van der Waals surface area (Å²) in [4.78, 5) is 27.0. The van der Waals surface area contributed by atoms with E-state index in [-0.39, 0.29) is 24.2 Å². The second-order valence-corrected chi connectivity index (χ2v) is 8.34. The first-order valence-electron chi connectivity index (χ1n) is 11.0. The molecule has 0 aliphatic carbocycles. The number of nitrogens with one attached hydrogen (secondary N) is 1. The molecule has 1 aliphatic heterocycles. The Morgan fingerprint density at radius 2 is 1.70 bits per heavy atom. The van der Waals surface area contributed by atoms with E-state index in [4.69, 9.17) is 4.74 Å². The maximum Gasteiger partial charge on any atom is 0.229 e. The van der Waals surface area contributed by atoms with Crippen molar-refractivity contribution < 1.29 is 14.3 Å². The van der Waals surface area contributed by atoms with Crippen molar-refractivity contribution in [2.45, 2.75) is 13.3 Å². The van der Waals surface area contributed by atoms with Crippen molar-refractivity contribution in [2.75, 3.05) is 16.8 Å². The fraction of sp³-hybridized carbons (Fsp3) is 0.143. The third-order valence-corrected chi connectivity index (χ3v) is 5.91. The second kappa shape index (κ2) is 8.79. The van der Waals surface area contributed by atoms with Gasteiger partial charge in [0.25, 0.3) is 0 Å². The van der Waals surface area contributed by atoms with Crippen LogP contribution in [0.25, 0.3) is 10.8 Å². The van der Waals surface area contributed by atoms with Crippen molar-refractivity contribution in [1.29, 1.82) is 0 Å². The molecule has 0 aromatic heterocycles. The number of nitrogens with zero attached hydrogens (tertiary/aromatic N) is 1. The lowest BCUT2D eigenvalue weighted by atomic mass is 10.1. The Balaban J connectivity index is 1.24. The molecule has 1 aliphatic rings. The molecular formula is C28H24N2O3. The number of ether oxygens (including phenoxy) is 1. The van der Waals surface area contributed by atoms with E-state index in [9.17, 15) is 9.59 Å². The molecule has 2 amide bonds. The van der Waals surface area contributed by atoms with Crippen LogP contribution in [0.15, 0.2) is 91.0 Å². The van der Waals surface area contributed by atoms with Crippen molar-refractivity contribution in [2.24, 2.45) is 5.92 Å². The monoisotopic (exact) mass is 436 g/mol. The molecule has 5 heteroatoms. The quantitative estimate of drug-likeness (QED) is 0.422. The Hall–Kier alpha value is -4.12. The van der Waals surface area contributed by atoms with E-state index in [0.717, 1.165) is 27.8 Å². The second-order valence-electron chi connectivity index (χ2n) is 8.34. The molecule has 1 saturated heterocycles. The molecule has 0 radical (unpaired) electrons. The number of carbonyl (C=O) groups excluding carboxylic acids is 2. The van der Waals surface area contributed by atoms with E-state index in [1.54, 1.807) is 4.90 Å². The molecule has 0 spiro atoms. The lowest BCUT2D eigenvalue weighted by molar-refractivity contribution is -0.122. The maximum absolute atomic E-state index is 12.8. The molecule has 4 aromatic rings. The Bertz CT molecular complexity index is 1330. The number of anilines is 2. The Morgan fingerprint density at radius 3 is 2.52 bits per heavy atom. The number of carbonyl (C=O) groups is 2. The van der Waals surface area contributed by atoms with Gasteiger partial charge in [0.05, 0.1) is 5.92 Å². The van der Waals surface area contributed by atoms with Crippen LogP contribution >= 0.6 is 0 Å². The van der Waals surface area contributed by atoms with Crippen LogP contribution in [0.2, 0.25) is 0 Å². The summed E-state index contributed by atoms with van der Waals surface area (Å²) in [6.45, 7) is 2.37. The van der Waals surface area contributed by atoms with Gasteiger partial charge in [0.2, 0.25) is 11.8 Å². The molecule has 1 atom stereocenters. The van der Waals surface area contributed by atoms with Crippen LogP contribution in [0.1, 0.15) is 12.0 Å². The van der Waals surface area contributed by atoms with Gasteiger partial charge in [0.1, 0.15) is 11.5 Å². The summed E-state index contributed by atoms with van der Waals surface area (Å²) >= 11 is 0. The van der Waals surface area contributed by atoms with Crippen molar-refractivity contribution >= 4 is 34.0 Å². The molecule has 164 valence electrons. The van der Waals surface area contributed by atoms with E-state index < -0.39 is 0 Å². The molecule has 1 heterocycles. The highest BCUT2D eigenvalue weighted by Crippen LogP contribution is 2.31. The summed E-state index contributed by atoms with van der Waals surface area (Å²) in [5, 5.41) is 5.09. The van der Waals surface area contributed by atoms with Gasteiger partial charge >= 0.3 is 0 Å². The SMILES string of the molecule is Cc1cccc(N2C[C@@H](C(=O)Nc3ccc(Oc4cccc5ccccc45)cc3)CC2=O)c1. The molecule has 5 rings (SSSR count). The van der Waals surface area contributed by atoms with Gasteiger partial charge in [-0.25, -0.2) is 0 Å². The van der Waals surface area contributed by atoms with Gasteiger partial charge in [-0.15, -0.1) is 0 Å². The smallest absolute Gasteiger partial charge is 0.229 e. The number of aryl methyl sites for hydroxylation is 1.